The van der Waals surface area contributed by atoms with E-state index < -0.39 is 29.8 Å². The zero-order valence-corrected chi connectivity index (χ0v) is 10.5. The molecule has 0 radical (unpaired) electrons. The van der Waals surface area contributed by atoms with Crippen LogP contribution in [0.4, 0.5) is 8.78 Å². The molecular weight excluding hydrogens is 272 g/mol. The lowest BCUT2D eigenvalue weighted by molar-refractivity contribution is -0.137. The molecule has 5 nitrogen and oxygen atoms in total. The third-order valence-electron chi connectivity index (χ3n) is 3.49. The van der Waals surface area contributed by atoms with Crippen molar-refractivity contribution in [3.05, 3.63) is 23.8 Å². The Kier molecular flexibility index (Phi) is 3.21. The second-order valence-corrected chi connectivity index (χ2v) is 4.90. The first-order valence-electron chi connectivity index (χ1n) is 6.30. The average molecular weight is 285 g/mol. The highest BCUT2D eigenvalue weighted by Gasteiger charge is 2.41. The summed E-state index contributed by atoms with van der Waals surface area (Å²) in [5.41, 5.74) is 0. The number of ether oxygens (including phenoxy) is 2. The van der Waals surface area contributed by atoms with Gasteiger partial charge < -0.3 is 14.6 Å². The molecule has 2 heterocycles. The summed E-state index contributed by atoms with van der Waals surface area (Å²) in [6.45, 7) is 1.23. The van der Waals surface area contributed by atoms with E-state index in [9.17, 15) is 13.6 Å². The second-order valence-electron chi connectivity index (χ2n) is 4.90. The zero-order valence-electron chi connectivity index (χ0n) is 10.5. The summed E-state index contributed by atoms with van der Waals surface area (Å²) in [7, 11) is 0. The Balaban J connectivity index is 1.74. The number of rotatable bonds is 3. The van der Waals surface area contributed by atoms with Gasteiger partial charge in [-0.3, -0.25) is 9.69 Å². The molecule has 0 amide bonds. The van der Waals surface area contributed by atoms with Crippen LogP contribution in [0.25, 0.3) is 0 Å². The van der Waals surface area contributed by atoms with Gasteiger partial charge in [0.05, 0.1) is 6.42 Å². The predicted molar refractivity (Wildman–Crippen MR) is 63.9 cm³/mol. The van der Waals surface area contributed by atoms with Crippen molar-refractivity contribution in [2.24, 2.45) is 0 Å². The minimum absolute atomic E-state index is 0.00904. The van der Waals surface area contributed by atoms with Crippen LogP contribution in [0, 0.1) is 11.6 Å². The maximum Gasteiger partial charge on any atom is 0.304 e. The summed E-state index contributed by atoms with van der Waals surface area (Å²) in [6, 6.07) is 1.99. The first-order valence-corrected chi connectivity index (χ1v) is 6.30. The van der Waals surface area contributed by atoms with Crippen LogP contribution < -0.4 is 9.47 Å². The van der Waals surface area contributed by atoms with Crippen LogP contribution in [0.1, 0.15) is 6.42 Å². The van der Waals surface area contributed by atoms with Gasteiger partial charge >= 0.3 is 5.97 Å². The molecule has 108 valence electrons. The summed E-state index contributed by atoms with van der Waals surface area (Å²) >= 11 is 0. The molecule has 1 aromatic carbocycles. The fourth-order valence-electron chi connectivity index (χ4n) is 2.52. The van der Waals surface area contributed by atoms with E-state index in [4.69, 9.17) is 14.6 Å². The molecule has 2 aliphatic heterocycles. The summed E-state index contributed by atoms with van der Waals surface area (Å²) in [6.07, 6.45) is -0.810. The van der Waals surface area contributed by atoms with Crippen LogP contribution in [-0.2, 0) is 4.79 Å². The van der Waals surface area contributed by atoms with Gasteiger partial charge in [0.25, 0.3) is 0 Å². The van der Waals surface area contributed by atoms with Crippen LogP contribution >= 0.6 is 0 Å². The lowest BCUT2D eigenvalue weighted by Gasteiger charge is -2.28. The third-order valence-corrected chi connectivity index (χ3v) is 3.49. The molecule has 0 aliphatic carbocycles. The van der Waals surface area contributed by atoms with E-state index in [1.807, 2.05) is 4.90 Å². The minimum Gasteiger partial charge on any atom is -0.481 e. The number of carboxylic acids is 1. The van der Waals surface area contributed by atoms with Crippen molar-refractivity contribution < 1.29 is 28.2 Å². The van der Waals surface area contributed by atoms with Gasteiger partial charge in [-0.2, -0.15) is 0 Å². The molecule has 0 spiro atoms. The van der Waals surface area contributed by atoms with Crippen LogP contribution in [0.2, 0.25) is 0 Å². The number of carbonyl (C=O) groups is 1. The topological polar surface area (TPSA) is 59.0 Å². The number of fused-ring (bicyclic) bond motifs is 2. The Morgan fingerprint density at radius 1 is 1.20 bits per heavy atom. The quantitative estimate of drug-likeness (QED) is 0.906. The SMILES string of the molecule is O=C(O)CCN1C[C@@H]2Oc3c(F)ccc(F)c3O[C@@H]2C1. The third kappa shape index (κ3) is 2.29. The van der Waals surface area contributed by atoms with Crippen molar-refractivity contribution in [3.63, 3.8) is 0 Å². The molecule has 1 fully saturated rings. The summed E-state index contributed by atoms with van der Waals surface area (Å²) in [4.78, 5) is 12.4. The van der Waals surface area contributed by atoms with Gasteiger partial charge in [-0.1, -0.05) is 0 Å². The molecule has 2 atom stereocenters. The number of nitrogens with zero attached hydrogens (tertiary/aromatic N) is 1. The standard InChI is InChI=1S/C13H13F2NO4/c14-7-1-2-8(15)13-12(7)19-9-5-16(4-3-11(17)18)6-10(9)20-13/h1-2,9-10H,3-6H2,(H,17,18)/t9-,10+. The van der Waals surface area contributed by atoms with Crippen LogP contribution in [0.3, 0.4) is 0 Å². The van der Waals surface area contributed by atoms with Gasteiger partial charge in [-0.15, -0.1) is 0 Å². The van der Waals surface area contributed by atoms with Gasteiger partial charge in [-0.05, 0) is 12.1 Å². The average Bonchev–Trinajstić information content (AvgIpc) is 2.81. The van der Waals surface area contributed by atoms with E-state index in [1.165, 1.54) is 0 Å². The molecule has 0 saturated carbocycles. The van der Waals surface area contributed by atoms with Crippen molar-refractivity contribution in [1.29, 1.82) is 0 Å². The van der Waals surface area contributed by atoms with Gasteiger partial charge in [-0.25, -0.2) is 8.78 Å². The molecule has 1 N–H and O–H groups in total. The monoisotopic (exact) mass is 285 g/mol. The van der Waals surface area contributed by atoms with Crippen molar-refractivity contribution in [2.45, 2.75) is 18.6 Å². The number of halogens is 2. The fourth-order valence-corrected chi connectivity index (χ4v) is 2.52. The molecule has 1 saturated heterocycles. The Bertz CT molecular complexity index is 512. The van der Waals surface area contributed by atoms with E-state index in [1.54, 1.807) is 0 Å². The highest BCUT2D eigenvalue weighted by molar-refractivity contribution is 5.66. The Morgan fingerprint density at radius 3 is 2.15 bits per heavy atom. The molecule has 0 bridgehead atoms. The van der Waals surface area contributed by atoms with Gasteiger partial charge in [0, 0.05) is 19.6 Å². The summed E-state index contributed by atoms with van der Waals surface area (Å²) in [5.74, 6) is -2.62. The second kappa shape index (κ2) is 4.90. The lowest BCUT2D eigenvalue weighted by atomic mass is 10.2. The number of likely N-dealkylation sites (tertiary alicyclic amines) is 1. The normalized spacial score (nSPS) is 24.5. The number of carboxylic acid groups (broad SMARTS) is 1. The molecular formula is C13H13F2NO4. The summed E-state index contributed by atoms with van der Waals surface area (Å²) in [5, 5.41) is 8.66. The molecule has 7 heteroatoms. The predicted octanol–water partition coefficient (Wildman–Crippen LogP) is 1.26. The minimum atomic E-state index is -0.887. The molecule has 20 heavy (non-hydrogen) atoms. The van der Waals surface area contributed by atoms with Crippen LogP contribution in [0.5, 0.6) is 11.5 Å². The number of hydrogen-bond acceptors (Lipinski definition) is 4. The van der Waals surface area contributed by atoms with Crippen molar-refractivity contribution in [3.8, 4) is 11.5 Å². The van der Waals surface area contributed by atoms with E-state index in [2.05, 4.69) is 0 Å². The molecule has 2 aliphatic rings. The highest BCUT2D eigenvalue weighted by atomic mass is 19.1. The van der Waals surface area contributed by atoms with E-state index in [0.717, 1.165) is 12.1 Å². The summed E-state index contributed by atoms with van der Waals surface area (Å²) < 4.78 is 38.1. The van der Waals surface area contributed by atoms with Gasteiger partial charge in [0.1, 0.15) is 12.2 Å². The number of hydrogen-bond donors (Lipinski definition) is 1. The van der Waals surface area contributed by atoms with Crippen LogP contribution in [-0.4, -0.2) is 47.8 Å². The van der Waals surface area contributed by atoms with Crippen molar-refractivity contribution in [1.82, 2.24) is 4.90 Å². The van der Waals surface area contributed by atoms with Gasteiger partial charge in [0.2, 0.25) is 11.5 Å². The highest BCUT2D eigenvalue weighted by Crippen LogP contribution is 2.40. The maximum absolute atomic E-state index is 13.6. The van der Waals surface area contributed by atoms with E-state index in [0.29, 0.717) is 19.6 Å². The molecule has 0 unspecified atom stereocenters. The first kappa shape index (κ1) is 13.1. The van der Waals surface area contributed by atoms with E-state index in [-0.39, 0.29) is 17.9 Å². The van der Waals surface area contributed by atoms with Crippen molar-refractivity contribution in [2.75, 3.05) is 19.6 Å². The van der Waals surface area contributed by atoms with E-state index >= 15 is 0 Å². The Labute approximate surface area is 113 Å². The Hall–Kier alpha value is -1.89. The Morgan fingerprint density at radius 2 is 1.70 bits per heavy atom. The molecule has 3 rings (SSSR count). The van der Waals surface area contributed by atoms with Crippen LogP contribution in [0.15, 0.2) is 12.1 Å². The molecule has 1 aromatic rings. The molecule has 0 aromatic heterocycles. The lowest BCUT2D eigenvalue weighted by Crippen LogP contribution is -2.39. The fraction of sp³-hybridized carbons (Fsp3) is 0.462. The maximum atomic E-state index is 13.6. The number of benzene rings is 1. The van der Waals surface area contributed by atoms with Crippen molar-refractivity contribution >= 4 is 5.97 Å². The first-order chi connectivity index (χ1) is 9.54. The largest absolute Gasteiger partial charge is 0.481 e. The number of aliphatic carboxylic acids is 1. The van der Waals surface area contributed by atoms with Gasteiger partial charge in [0.15, 0.2) is 11.6 Å². The smallest absolute Gasteiger partial charge is 0.304 e. The zero-order chi connectivity index (χ0) is 14.3.